The highest BCUT2D eigenvalue weighted by atomic mass is 16.5. The molecule has 1 fully saturated rings. The van der Waals surface area contributed by atoms with Gasteiger partial charge >= 0.3 is 0 Å². The number of aliphatic hydroxyl groups excluding tert-OH is 1. The SMILES string of the molecule is Cc1cc(C#N)cc(C)c1OCC(O)CN1C2C=C(c3nccn3C)CC1CC2. The van der Waals surface area contributed by atoms with Crippen LogP contribution < -0.4 is 4.74 Å². The maximum Gasteiger partial charge on any atom is 0.135 e. The summed E-state index contributed by atoms with van der Waals surface area (Å²) in [5.74, 6) is 1.82. The molecule has 0 radical (unpaired) electrons. The first-order valence-corrected chi connectivity index (χ1v) is 10.2. The Kier molecular flexibility index (Phi) is 5.44. The van der Waals surface area contributed by atoms with Crippen LogP contribution in [0.25, 0.3) is 5.57 Å². The van der Waals surface area contributed by atoms with Gasteiger partial charge in [0.05, 0.1) is 11.6 Å². The van der Waals surface area contributed by atoms with Crippen LogP contribution in [0.1, 0.15) is 41.8 Å². The summed E-state index contributed by atoms with van der Waals surface area (Å²) in [5, 5.41) is 19.7. The lowest BCUT2D eigenvalue weighted by molar-refractivity contribution is 0.0542. The first-order valence-electron chi connectivity index (χ1n) is 10.2. The highest BCUT2D eigenvalue weighted by Crippen LogP contribution is 2.38. The fourth-order valence-electron chi connectivity index (χ4n) is 4.76. The molecule has 3 heterocycles. The molecule has 2 aliphatic rings. The van der Waals surface area contributed by atoms with Crippen molar-refractivity contribution in [3.8, 4) is 11.8 Å². The maximum atomic E-state index is 10.6. The summed E-state index contributed by atoms with van der Waals surface area (Å²) in [6.07, 6.45) is 8.85. The fourth-order valence-corrected chi connectivity index (χ4v) is 4.76. The lowest BCUT2D eigenvalue weighted by Gasteiger charge is -2.35. The molecule has 0 spiro atoms. The normalized spacial score (nSPS) is 22.2. The summed E-state index contributed by atoms with van der Waals surface area (Å²) in [6.45, 7) is 4.72. The minimum absolute atomic E-state index is 0.249. The largest absolute Gasteiger partial charge is 0.490 e. The summed E-state index contributed by atoms with van der Waals surface area (Å²) in [7, 11) is 2.03. The van der Waals surface area contributed by atoms with Crippen molar-refractivity contribution in [2.24, 2.45) is 7.05 Å². The number of aromatic nitrogens is 2. The topological polar surface area (TPSA) is 74.3 Å². The second-order valence-corrected chi connectivity index (χ2v) is 8.27. The first-order chi connectivity index (χ1) is 14.0. The summed E-state index contributed by atoms with van der Waals surface area (Å²) in [6, 6.07) is 6.62. The standard InChI is InChI=1S/C23H28N4O2/c1-15-8-17(12-24)9-16(2)22(15)29-14-21(28)13-27-19-4-5-20(27)11-18(10-19)23-25-6-7-26(23)3/h6-10,19-21,28H,4-5,11,13-14H2,1-3H3. The zero-order valence-corrected chi connectivity index (χ0v) is 17.3. The Bertz CT molecular complexity index is 948. The third-order valence-electron chi connectivity index (χ3n) is 6.08. The van der Waals surface area contributed by atoms with Gasteiger partial charge in [0, 0.05) is 38.1 Å². The van der Waals surface area contributed by atoms with Crippen LogP contribution in [0.3, 0.4) is 0 Å². The van der Waals surface area contributed by atoms with Crippen molar-refractivity contribution in [3.63, 3.8) is 0 Å². The molecular weight excluding hydrogens is 364 g/mol. The molecule has 6 nitrogen and oxygen atoms in total. The number of nitriles is 1. The van der Waals surface area contributed by atoms with Gasteiger partial charge in [-0.25, -0.2) is 4.98 Å². The van der Waals surface area contributed by atoms with Crippen LogP contribution in [0.15, 0.2) is 30.6 Å². The number of ether oxygens (including phenoxy) is 1. The van der Waals surface area contributed by atoms with E-state index in [1.807, 2.05) is 45.4 Å². The molecule has 0 amide bonds. The second-order valence-electron chi connectivity index (χ2n) is 8.27. The molecule has 0 aliphatic carbocycles. The number of nitrogens with zero attached hydrogens (tertiary/aromatic N) is 4. The number of hydrogen-bond donors (Lipinski definition) is 1. The molecule has 0 saturated carbocycles. The Morgan fingerprint density at radius 3 is 2.69 bits per heavy atom. The van der Waals surface area contributed by atoms with Crippen LogP contribution in [-0.4, -0.2) is 50.9 Å². The molecule has 2 bridgehead atoms. The van der Waals surface area contributed by atoms with E-state index in [4.69, 9.17) is 10.00 Å². The van der Waals surface area contributed by atoms with E-state index in [1.165, 1.54) is 5.57 Å². The number of aliphatic hydroxyl groups is 1. The third kappa shape index (κ3) is 3.93. The maximum absolute atomic E-state index is 10.6. The Balaban J connectivity index is 1.39. The molecule has 1 N–H and O–H groups in total. The summed E-state index contributed by atoms with van der Waals surface area (Å²) in [5.41, 5.74) is 3.80. The molecular formula is C23H28N4O2. The van der Waals surface area contributed by atoms with Crippen molar-refractivity contribution in [2.75, 3.05) is 13.2 Å². The van der Waals surface area contributed by atoms with Crippen LogP contribution in [-0.2, 0) is 7.05 Å². The van der Waals surface area contributed by atoms with Crippen molar-refractivity contribution >= 4 is 5.57 Å². The zero-order chi connectivity index (χ0) is 20.5. The van der Waals surface area contributed by atoms with Gasteiger partial charge in [-0.05, 0) is 61.9 Å². The van der Waals surface area contributed by atoms with Crippen molar-refractivity contribution in [1.82, 2.24) is 14.5 Å². The smallest absolute Gasteiger partial charge is 0.135 e. The van der Waals surface area contributed by atoms with Gasteiger partial charge in [0.2, 0.25) is 0 Å². The average Bonchev–Trinajstić information content (AvgIpc) is 3.20. The van der Waals surface area contributed by atoms with E-state index in [0.717, 1.165) is 42.0 Å². The number of imidazole rings is 1. The second kappa shape index (κ2) is 8.02. The Labute approximate surface area is 172 Å². The van der Waals surface area contributed by atoms with Gasteiger partial charge in [0.1, 0.15) is 24.3 Å². The van der Waals surface area contributed by atoms with Gasteiger partial charge in [-0.3, -0.25) is 4.90 Å². The predicted molar refractivity (Wildman–Crippen MR) is 111 cm³/mol. The molecule has 6 heteroatoms. The molecule has 1 aromatic carbocycles. The van der Waals surface area contributed by atoms with Gasteiger partial charge < -0.3 is 14.4 Å². The van der Waals surface area contributed by atoms with E-state index < -0.39 is 6.10 Å². The quantitative estimate of drug-likeness (QED) is 0.818. The van der Waals surface area contributed by atoms with E-state index in [-0.39, 0.29) is 6.61 Å². The van der Waals surface area contributed by atoms with E-state index in [1.54, 1.807) is 0 Å². The number of hydrogen-bond acceptors (Lipinski definition) is 5. The average molecular weight is 393 g/mol. The van der Waals surface area contributed by atoms with Crippen molar-refractivity contribution in [2.45, 2.75) is 51.3 Å². The molecule has 29 heavy (non-hydrogen) atoms. The van der Waals surface area contributed by atoms with Crippen LogP contribution in [0, 0.1) is 25.2 Å². The van der Waals surface area contributed by atoms with Crippen LogP contribution >= 0.6 is 0 Å². The Morgan fingerprint density at radius 1 is 1.31 bits per heavy atom. The number of benzene rings is 1. The van der Waals surface area contributed by atoms with Gasteiger partial charge in [-0.2, -0.15) is 5.26 Å². The lowest BCUT2D eigenvalue weighted by Crippen LogP contribution is -2.44. The molecule has 3 atom stereocenters. The monoisotopic (exact) mass is 392 g/mol. The summed E-state index contributed by atoms with van der Waals surface area (Å²) >= 11 is 0. The lowest BCUT2D eigenvalue weighted by atomic mass is 10.00. The van der Waals surface area contributed by atoms with Gasteiger partial charge in [0.25, 0.3) is 0 Å². The first kappa shape index (κ1) is 19.7. The highest BCUT2D eigenvalue weighted by molar-refractivity contribution is 5.63. The van der Waals surface area contributed by atoms with Crippen LogP contribution in [0.5, 0.6) is 5.75 Å². The fraction of sp³-hybridized carbons (Fsp3) is 0.478. The van der Waals surface area contributed by atoms with Gasteiger partial charge in [-0.1, -0.05) is 6.08 Å². The molecule has 3 unspecified atom stereocenters. The zero-order valence-electron chi connectivity index (χ0n) is 17.3. The third-order valence-corrected chi connectivity index (χ3v) is 6.08. The van der Waals surface area contributed by atoms with Crippen molar-refractivity contribution in [3.05, 3.63) is 53.1 Å². The van der Waals surface area contributed by atoms with Gasteiger partial charge in [0.15, 0.2) is 0 Å². The van der Waals surface area contributed by atoms with Crippen molar-refractivity contribution < 1.29 is 9.84 Å². The van der Waals surface area contributed by atoms with Gasteiger partial charge in [-0.15, -0.1) is 0 Å². The number of rotatable bonds is 6. The molecule has 1 saturated heterocycles. The highest BCUT2D eigenvalue weighted by Gasteiger charge is 2.38. The Morgan fingerprint density at radius 2 is 2.07 bits per heavy atom. The molecule has 152 valence electrons. The van der Waals surface area contributed by atoms with E-state index in [2.05, 4.69) is 26.6 Å². The van der Waals surface area contributed by atoms with E-state index in [0.29, 0.717) is 24.2 Å². The predicted octanol–water partition coefficient (Wildman–Crippen LogP) is 2.97. The van der Waals surface area contributed by atoms with Crippen LogP contribution in [0.2, 0.25) is 0 Å². The number of fused-ring (bicyclic) bond motifs is 2. The summed E-state index contributed by atoms with van der Waals surface area (Å²) < 4.78 is 8.02. The molecule has 2 aromatic rings. The molecule has 4 rings (SSSR count). The van der Waals surface area contributed by atoms with E-state index in [9.17, 15) is 5.11 Å². The minimum Gasteiger partial charge on any atom is -0.490 e. The molecule has 1 aromatic heterocycles. The van der Waals surface area contributed by atoms with E-state index >= 15 is 0 Å². The Hall–Kier alpha value is -2.62. The van der Waals surface area contributed by atoms with Crippen molar-refractivity contribution in [1.29, 1.82) is 5.26 Å². The summed E-state index contributed by atoms with van der Waals surface area (Å²) in [4.78, 5) is 6.92. The van der Waals surface area contributed by atoms with Crippen LogP contribution in [0.4, 0.5) is 0 Å². The molecule has 2 aliphatic heterocycles. The number of aryl methyl sites for hydroxylation is 3. The minimum atomic E-state index is -0.560.